The van der Waals surface area contributed by atoms with Crippen molar-refractivity contribution >= 4 is 11.6 Å². The standard InChI is InChI=1S/C17H24ClN3O/c1-12(2)22-17-6-5-14(10-16(17)18)11-19-13(3)9-15-7-8-21(4)20-15/h5-8,10,12-13,19H,9,11H2,1-4H3. The average Bonchev–Trinajstić information content (AvgIpc) is 2.84. The van der Waals surface area contributed by atoms with Crippen LogP contribution >= 0.6 is 11.6 Å². The van der Waals surface area contributed by atoms with E-state index in [2.05, 4.69) is 17.3 Å². The third kappa shape index (κ3) is 5.04. The highest BCUT2D eigenvalue weighted by Crippen LogP contribution is 2.26. The lowest BCUT2D eigenvalue weighted by Crippen LogP contribution is -2.27. The molecule has 0 saturated carbocycles. The van der Waals surface area contributed by atoms with Gasteiger partial charge in [0.25, 0.3) is 0 Å². The van der Waals surface area contributed by atoms with Crippen molar-refractivity contribution in [2.45, 2.75) is 45.9 Å². The van der Waals surface area contributed by atoms with Gasteiger partial charge in [-0.2, -0.15) is 5.10 Å². The van der Waals surface area contributed by atoms with Crippen LogP contribution in [0.3, 0.4) is 0 Å². The summed E-state index contributed by atoms with van der Waals surface area (Å²) < 4.78 is 7.47. The van der Waals surface area contributed by atoms with Crippen LogP contribution in [-0.4, -0.2) is 21.9 Å². The van der Waals surface area contributed by atoms with E-state index in [0.29, 0.717) is 11.1 Å². The van der Waals surface area contributed by atoms with E-state index >= 15 is 0 Å². The fraction of sp³-hybridized carbons (Fsp3) is 0.471. The van der Waals surface area contributed by atoms with Crippen LogP contribution in [-0.2, 0) is 20.0 Å². The molecule has 0 saturated heterocycles. The second-order valence-corrected chi connectivity index (χ2v) is 6.31. The summed E-state index contributed by atoms with van der Waals surface area (Å²) >= 11 is 6.26. The molecule has 4 nitrogen and oxygen atoms in total. The van der Waals surface area contributed by atoms with Crippen molar-refractivity contribution < 1.29 is 4.74 Å². The fourth-order valence-corrected chi connectivity index (χ4v) is 2.50. The molecular weight excluding hydrogens is 298 g/mol. The first-order chi connectivity index (χ1) is 10.4. The predicted octanol–water partition coefficient (Wildman–Crippen LogP) is 3.58. The molecule has 0 bridgehead atoms. The Balaban J connectivity index is 1.87. The van der Waals surface area contributed by atoms with Crippen molar-refractivity contribution in [1.29, 1.82) is 0 Å². The summed E-state index contributed by atoms with van der Waals surface area (Å²) in [6, 6.07) is 8.33. The van der Waals surface area contributed by atoms with Gasteiger partial charge in [-0.25, -0.2) is 0 Å². The van der Waals surface area contributed by atoms with Gasteiger partial charge >= 0.3 is 0 Å². The molecule has 2 rings (SSSR count). The monoisotopic (exact) mass is 321 g/mol. The third-order valence-corrected chi connectivity index (χ3v) is 3.59. The van der Waals surface area contributed by atoms with E-state index in [-0.39, 0.29) is 6.10 Å². The molecule has 1 aromatic carbocycles. The zero-order valence-electron chi connectivity index (χ0n) is 13.6. The van der Waals surface area contributed by atoms with E-state index in [1.54, 1.807) is 0 Å². The van der Waals surface area contributed by atoms with Gasteiger partial charge < -0.3 is 10.1 Å². The molecule has 0 aliphatic heterocycles. The second kappa shape index (κ2) is 7.65. The smallest absolute Gasteiger partial charge is 0.138 e. The maximum atomic E-state index is 6.26. The minimum atomic E-state index is 0.125. The molecule has 2 aromatic rings. The summed E-state index contributed by atoms with van der Waals surface area (Å²) in [5.41, 5.74) is 2.25. The highest BCUT2D eigenvalue weighted by atomic mass is 35.5. The number of nitrogens with one attached hydrogen (secondary N) is 1. The lowest BCUT2D eigenvalue weighted by Gasteiger charge is -2.15. The molecule has 1 heterocycles. The Labute approximate surface area is 137 Å². The van der Waals surface area contributed by atoms with Crippen LogP contribution in [0.25, 0.3) is 0 Å². The highest BCUT2D eigenvalue weighted by Gasteiger charge is 2.08. The number of ether oxygens (including phenoxy) is 1. The zero-order chi connectivity index (χ0) is 16.1. The number of aromatic nitrogens is 2. The molecule has 5 heteroatoms. The Morgan fingerprint density at radius 2 is 2.05 bits per heavy atom. The fourth-order valence-electron chi connectivity index (χ4n) is 2.25. The van der Waals surface area contributed by atoms with Crippen molar-refractivity contribution in [3.8, 4) is 5.75 Å². The molecular formula is C17H24ClN3O. The summed E-state index contributed by atoms with van der Waals surface area (Å²) in [5, 5.41) is 8.55. The number of hydrogen-bond donors (Lipinski definition) is 1. The number of hydrogen-bond acceptors (Lipinski definition) is 3. The first-order valence-corrected chi connectivity index (χ1v) is 7.99. The quantitative estimate of drug-likeness (QED) is 0.847. The molecule has 1 atom stereocenters. The maximum absolute atomic E-state index is 6.26. The molecule has 0 fully saturated rings. The van der Waals surface area contributed by atoms with E-state index in [0.717, 1.165) is 30.0 Å². The van der Waals surface area contributed by atoms with Crippen molar-refractivity contribution in [2.75, 3.05) is 0 Å². The van der Waals surface area contributed by atoms with Crippen LogP contribution in [0.15, 0.2) is 30.5 Å². The molecule has 0 spiro atoms. The summed E-state index contributed by atoms with van der Waals surface area (Å²) in [6.07, 6.45) is 3.00. The van der Waals surface area contributed by atoms with Crippen molar-refractivity contribution in [3.63, 3.8) is 0 Å². The first kappa shape index (κ1) is 16.8. The summed E-state index contributed by atoms with van der Waals surface area (Å²) in [7, 11) is 1.93. The van der Waals surface area contributed by atoms with Crippen LogP contribution in [0.1, 0.15) is 32.0 Å². The number of aryl methyl sites for hydroxylation is 1. The Morgan fingerprint density at radius 1 is 1.27 bits per heavy atom. The summed E-state index contributed by atoms with van der Waals surface area (Å²) in [5.74, 6) is 0.738. The highest BCUT2D eigenvalue weighted by molar-refractivity contribution is 6.32. The molecule has 1 unspecified atom stereocenters. The van der Waals surface area contributed by atoms with Gasteiger partial charge in [-0.15, -0.1) is 0 Å². The Hall–Kier alpha value is -1.52. The van der Waals surface area contributed by atoms with Crippen LogP contribution in [0.5, 0.6) is 5.75 Å². The van der Waals surface area contributed by atoms with Crippen LogP contribution in [0.4, 0.5) is 0 Å². The third-order valence-electron chi connectivity index (χ3n) is 3.30. The van der Waals surface area contributed by atoms with Crippen molar-refractivity contribution in [3.05, 3.63) is 46.7 Å². The van der Waals surface area contributed by atoms with Gasteiger partial charge in [0, 0.05) is 32.3 Å². The summed E-state index contributed by atoms with van der Waals surface area (Å²) in [4.78, 5) is 0. The number of halogens is 1. The lowest BCUT2D eigenvalue weighted by molar-refractivity contribution is 0.242. The number of rotatable bonds is 7. The van der Waals surface area contributed by atoms with Gasteiger partial charge in [0.1, 0.15) is 5.75 Å². The van der Waals surface area contributed by atoms with Gasteiger partial charge in [-0.05, 0) is 44.5 Å². The summed E-state index contributed by atoms with van der Waals surface area (Å²) in [6.45, 7) is 6.92. The minimum absolute atomic E-state index is 0.125. The normalized spacial score (nSPS) is 12.6. The zero-order valence-corrected chi connectivity index (χ0v) is 14.4. The van der Waals surface area contributed by atoms with Crippen LogP contribution < -0.4 is 10.1 Å². The van der Waals surface area contributed by atoms with Gasteiger partial charge in [0.2, 0.25) is 0 Å². The molecule has 22 heavy (non-hydrogen) atoms. The average molecular weight is 322 g/mol. The van der Waals surface area contributed by atoms with E-state index < -0.39 is 0 Å². The van der Waals surface area contributed by atoms with Crippen LogP contribution in [0.2, 0.25) is 5.02 Å². The van der Waals surface area contributed by atoms with Crippen molar-refractivity contribution in [2.24, 2.45) is 7.05 Å². The van der Waals surface area contributed by atoms with E-state index in [4.69, 9.17) is 16.3 Å². The molecule has 1 N–H and O–H groups in total. The van der Waals surface area contributed by atoms with Crippen LogP contribution in [0, 0.1) is 0 Å². The van der Waals surface area contributed by atoms with Gasteiger partial charge in [0.05, 0.1) is 16.8 Å². The first-order valence-electron chi connectivity index (χ1n) is 7.61. The molecule has 0 aliphatic rings. The Kier molecular flexibility index (Phi) is 5.86. The van der Waals surface area contributed by atoms with Gasteiger partial charge in [-0.1, -0.05) is 17.7 Å². The number of nitrogens with zero attached hydrogens (tertiary/aromatic N) is 2. The molecule has 120 valence electrons. The second-order valence-electron chi connectivity index (χ2n) is 5.90. The van der Waals surface area contributed by atoms with E-state index in [9.17, 15) is 0 Å². The van der Waals surface area contributed by atoms with Gasteiger partial charge in [0.15, 0.2) is 0 Å². The molecule has 0 radical (unpaired) electrons. The predicted molar refractivity (Wildman–Crippen MR) is 90.4 cm³/mol. The Morgan fingerprint density at radius 3 is 2.64 bits per heavy atom. The van der Waals surface area contributed by atoms with E-state index in [1.807, 2.05) is 56.0 Å². The lowest BCUT2D eigenvalue weighted by atomic mass is 10.1. The molecule has 0 amide bonds. The van der Waals surface area contributed by atoms with Crippen molar-refractivity contribution in [1.82, 2.24) is 15.1 Å². The largest absolute Gasteiger partial charge is 0.489 e. The van der Waals surface area contributed by atoms with Gasteiger partial charge in [-0.3, -0.25) is 4.68 Å². The Bertz CT molecular complexity index is 610. The minimum Gasteiger partial charge on any atom is -0.489 e. The number of benzene rings is 1. The molecule has 1 aromatic heterocycles. The van der Waals surface area contributed by atoms with E-state index in [1.165, 1.54) is 0 Å². The SMILES string of the molecule is CC(Cc1ccn(C)n1)NCc1ccc(OC(C)C)c(Cl)c1. The molecule has 0 aliphatic carbocycles. The topological polar surface area (TPSA) is 39.1 Å². The maximum Gasteiger partial charge on any atom is 0.138 e.